The fraction of sp³-hybridized carbons (Fsp3) is 0.321. The molecule has 2 aromatic carbocycles. The van der Waals surface area contributed by atoms with Gasteiger partial charge in [-0.25, -0.2) is 14.6 Å². The molecule has 1 heterocycles. The van der Waals surface area contributed by atoms with E-state index >= 15 is 0 Å². The molecule has 2 N–H and O–H groups in total. The normalized spacial score (nSPS) is 10.5. The molecule has 0 aliphatic carbocycles. The molecule has 0 aliphatic rings. The molecule has 0 radical (unpaired) electrons. The zero-order chi connectivity index (χ0) is 30.2. The monoisotopic (exact) mass is 576 g/mol. The van der Waals surface area contributed by atoms with Gasteiger partial charge >= 0.3 is 11.9 Å². The van der Waals surface area contributed by atoms with Crippen LogP contribution in [0.15, 0.2) is 52.9 Å². The molecule has 1 unspecified atom stereocenters. The Bertz CT molecular complexity index is 1260. The number of amides is 1. The number of nitrogens with zero attached hydrogens (tertiary/aromatic N) is 1. The van der Waals surface area contributed by atoms with Gasteiger partial charge in [-0.2, -0.15) is 0 Å². The minimum atomic E-state index is -1.14. The summed E-state index contributed by atoms with van der Waals surface area (Å²) in [5.74, 6) is 0.0280. The summed E-state index contributed by atoms with van der Waals surface area (Å²) >= 11 is 5.32. The van der Waals surface area contributed by atoms with Gasteiger partial charge in [0.25, 0.3) is 0 Å². The second-order valence-electron chi connectivity index (χ2n) is 7.70. The highest BCUT2D eigenvalue weighted by atomic mass is 35.5. The smallest absolute Gasteiger partial charge is 0.376 e. The number of hydrogen-bond donors (Lipinski definition) is 1. The molecule has 11 nitrogen and oxygen atoms in total. The van der Waals surface area contributed by atoms with Crippen LogP contribution in [0.3, 0.4) is 0 Å². The lowest BCUT2D eigenvalue weighted by Gasteiger charge is -2.03. The van der Waals surface area contributed by atoms with Gasteiger partial charge in [0.2, 0.25) is 17.6 Å². The van der Waals surface area contributed by atoms with Gasteiger partial charge in [-0.05, 0) is 76.2 Å². The number of carbonyl (C=O) groups is 4. The zero-order valence-electron chi connectivity index (χ0n) is 23.2. The van der Waals surface area contributed by atoms with E-state index in [1.165, 1.54) is 6.92 Å². The van der Waals surface area contributed by atoms with Gasteiger partial charge < -0.3 is 29.1 Å². The lowest BCUT2D eigenvalue weighted by molar-refractivity contribution is -0.144. The average Bonchev–Trinajstić information content (AvgIpc) is 3.35. The maximum absolute atomic E-state index is 11.6. The number of oxazole rings is 1. The number of esters is 2. The summed E-state index contributed by atoms with van der Waals surface area (Å²) in [7, 11) is 3.17. The summed E-state index contributed by atoms with van der Waals surface area (Å²) in [6.45, 7) is 6.90. The van der Waals surface area contributed by atoms with Crippen molar-refractivity contribution in [1.82, 2.24) is 4.98 Å². The number of Topliss-reactive ketones (excluding diaryl/α,β-unsaturated/α-hetero) is 1. The van der Waals surface area contributed by atoms with Gasteiger partial charge in [-0.3, -0.25) is 9.59 Å². The maximum atomic E-state index is 11.6. The number of benzene rings is 2. The predicted molar refractivity (Wildman–Crippen MR) is 148 cm³/mol. The first-order valence-electron chi connectivity index (χ1n) is 12.0. The van der Waals surface area contributed by atoms with Crippen molar-refractivity contribution in [2.45, 2.75) is 33.1 Å². The summed E-state index contributed by atoms with van der Waals surface area (Å²) in [5, 5.41) is -1.14. The van der Waals surface area contributed by atoms with E-state index in [4.69, 9.17) is 36.0 Å². The number of aromatic nitrogens is 1. The number of ketones is 1. The fourth-order valence-corrected chi connectivity index (χ4v) is 2.84. The first-order valence-corrected chi connectivity index (χ1v) is 12.5. The zero-order valence-corrected chi connectivity index (χ0v) is 23.9. The average molecular weight is 577 g/mol. The van der Waals surface area contributed by atoms with Crippen molar-refractivity contribution in [2.24, 2.45) is 5.73 Å². The molecule has 0 spiro atoms. The molecule has 216 valence electrons. The Balaban J connectivity index is 0.000000326. The van der Waals surface area contributed by atoms with E-state index in [0.717, 1.165) is 17.1 Å². The fourth-order valence-electron chi connectivity index (χ4n) is 2.78. The molecule has 0 aliphatic heterocycles. The Kier molecular flexibility index (Phi) is 14.5. The number of rotatable bonds is 9. The van der Waals surface area contributed by atoms with Gasteiger partial charge in [0.15, 0.2) is 11.2 Å². The Morgan fingerprint density at radius 1 is 0.900 bits per heavy atom. The minimum Gasteiger partial charge on any atom is -0.497 e. The van der Waals surface area contributed by atoms with Crippen molar-refractivity contribution >= 4 is 35.2 Å². The van der Waals surface area contributed by atoms with E-state index in [1.807, 2.05) is 12.1 Å². The summed E-state index contributed by atoms with van der Waals surface area (Å²) < 4.78 is 24.8. The SMILES string of the molecule is CCOC(=O)C(Cl)C(C)=O.CCOC(=O)c1oc(-c2ccc(OC)cc2)nc1C.COc1ccc(C(N)=O)cc1. The van der Waals surface area contributed by atoms with Crippen molar-refractivity contribution in [2.75, 3.05) is 27.4 Å². The van der Waals surface area contributed by atoms with Gasteiger partial charge in [0, 0.05) is 11.1 Å². The highest BCUT2D eigenvalue weighted by molar-refractivity contribution is 6.40. The predicted octanol–water partition coefficient (Wildman–Crippen LogP) is 4.38. The highest BCUT2D eigenvalue weighted by Crippen LogP contribution is 2.24. The van der Waals surface area contributed by atoms with Crippen LogP contribution in [0.25, 0.3) is 11.5 Å². The van der Waals surface area contributed by atoms with Gasteiger partial charge in [0.05, 0.1) is 33.1 Å². The van der Waals surface area contributed by atoms with Crippen LogP contribution >= 0.6 is 11.6 Å². The highest BCUT2D eigenvalue weighted by Gasteiger charge is 2.21. The number of ether oxygens (including phenoxy) is 4. The number of halogens is 1. The number of nitrogens with two attached hydrogens (primary N) is 1. The van der Waals surface area contributed by atoms with Gasteiger partial charge in [-0.15, -0.1) is 11.6 Å². The Labute approximate surface area is 237 Å². The third-order valence-electron chi connectivity index (χ3n) is 4.82. The first kappa shape index (κ1) is 33.6. The van der Waals surface area contributed by atoms with E-state index in [2.05, 4.69) is 9.72 Å². The van der Waals surface area contributed by atoms with E-state index in [1.54, 1.807) is 71.4 Å². The van der Waals surface area contributed by atoms with Crippen LogP contribution in [0.1, 0.15) is 47.4 Å². The van der Waals surface area contributed by atoms with E-state index in [-0.39, 0.29) is 18.2 Å². The molecule has 3 aromatic rings. The summed E-state index contributed by atoms with van der Waals surface area (Å²) in [6, 6.07) is 13.9. The molecule has 1 atom stereocenters. The molecule has 12 heteroatoms. The van der Waals surface area contributed by atoms with Crippen LogP contribution in [-0.4, -0.2) is 61.4 Å². The van der Waals surface area contributed by atoms with Crippen LogP contribution in [0, 0.1) is 6.92 Å². The molecule has 0 fully saturated rings. The van der Waals surface area contributed by atoms with E-state index < -0.39 is 23.2 Å². The van der Waals surface area contributed by atoms with Crippen molar-refractivity contribution in [3.05, 3.63) is 65.5 Å². The maximum Gasteiger partial charge on any atom is 0.376 e. The first-order chi connectivity index (χ1) is 19.0. The van der Waals surface area contributed by atoms with Crippen molar-refractivity contribution in [1.29, 1.82) is 0 Å². The Hall–Kier alpha value is -4.38. The Morgan fingerprint density at radius 3 is 1.82 bits per heavy atom. The molecule has 1 amide bonds. The quantitative estimate of drug-likeness (QED) is 0.220. The molecular formula is C28H33ClN2O9. The third-order valence-corrected chi connectivity index (χ3v) is 5.30. The van der Waals surface area contributed by atoms with Crippen LogP contribution in [0.5, 0.6) is 11.5 Å². The van der Waals surface area contributed by atoms with Crippen LogP contribution in [0.2, 0.25) is 0 Å². The van der Waals surface area contributed by atoms with E-state index in [0.29, 0.717) is 23.8 Å². The topological polar surface area (TPSA) is 157 Å². The molecule has 1 aromatic heterocycles. The molecule has 40 heavy (non-hydrogen) atoms. The summed E-state index contributed by atoms with van der Waals surface area (Å²) in [5.41, 5.74) is 6.81. The van der Waals surface area contributed by atoms with E-state index in [9.17, 15) is 19.2 Å². The largest absolute Gasteiger partial charge is 0.497 e. The molecule has 3 rings (SSSR count). The third kappa shape index (κ3) is 10.8. The van der Waals surface area contributed by atoms with Gasteiger partial charge in [0.1, 0.15) is 11.5 Å². The molecule has 0 bridgehead atoms. The summed E-state index contributed by atoms with van der Waals surface area (Å²) in [4.78, 5) is 47.5. The van der Waals surface area contributed by atoms with Crippen molar-refractivity contribution < 1.29 is 42.5 Å². The number of primary amides is 1. The Morgan fingerprint density at radius 2 is 1.40 bits per heavy atom. The lowest BCUT2D eigenvalue weighted by atomic mass is 10.2. The summed E-state index contributed by atoms with van der Waals surface area (Å²) in [6.07, 6.45) is 0. The number of methoxy groups -OCH3 is 2. The van der Waals surface area contributed by atoms with Crippen molar-refractivity contribution in [3.8, 4) is 23.0 Å². The second-order valence-corrected chi connectivity index (χ2v) is 8.14. The standard InChI is InChI=1S/C14H15NO4.C8H9NO2.C6H9ClO3/c1-4-18-14(16)12-9(2)15-13(19-12)10-5-7-11(17-3)8-6-10;1-11-7-4-2-6(3-5-7)8(9)10;1-3-10-6(9)5(7)4(2)8/h5-8H,4H2,1-3H3;2-5H,1H3,(H2,9,10);5H,3H2,1-2H3. The molecular weight excluding hydrogens is 544 g/mol. The number of aryl methyl sites for hydroxylation is 1. The number of hydrogen-bond acceptors (Lipinski definition) is 10. The minimum absolute atomic E-state index is 0.146. The molecule has 0 saturated heterocycles. The van der Waals surface area contributed by atoms with Gasteiger partial charge in [-0.1, -0.05) is 0 Å². The number of carbonyl (C=O) groups excluding carboxylic acids is 4. The van der Waals surface area contributed by atoms with Crippen molar-refractivity contribution in [3.63, 3.8) is 0 Å². The number of alkyl halides is 1. The van der Waals surface area contributed by atoms with Crippen LogP contribution in [-0.2, 0) is 19.1 Å². The lowest BCUT2D eigenvalue weighted by Crippen LogP contribution is -2.24. The second kappa shape index (κ2) is 17.3. The van der Waals surface area contributed by atoms with Crippen LogP contribution in [0.4, 0.5) is 0 Å². The molecule has 0 saturated carbocycles. The van der Waals surface area contributed by atoms with Crippen LogP contribution < -0.4 is 15.2 Å².